The summed E-state index contributed by atoms with van der Waals surface area (Å²) in [5.41, 5.74) is 1.95. The molecule has 3 aromatic rings. The van der Waals surface area contributed by atoms with Crippen LogP contribution in [-0.2, 0) is 4.79 Å². The third kappa shape index (κ3) is 3.06. The number of anilines is 1. The highest BCUT2D eigenvalue weighted by atomic mass is 16.2. The summed E-state index contributed by atoms with van der Waals surface area (Å²) in [6.45, 7) is -0.351. The monoisotopic (exact) mass is 388 g/mol. The molecule has 0 bridgehead atoms. The lowest BCUT2D eigenvalue weighted by Crippen LogP contribution is -2.37. The average molecular weight is 388 g/mol. The minimum Gasteiger partial charge on any atom is -0.325 e. The Morgan fingerprint density at radius 2 is 1.76 bits per heavy atom. The number of hydrogen-bond donors (Lipinski definition) is 1. The standard InChI is InChI=1S/C20H16N6O3/c27-17(11-25-19(28)15-6-1-2-7-16(15)20(25)29)21-13-5-3-4-12(10-13)18-22-23-24-26(18)14-8-9-14/h1-7,10,14H,8-9,11H2,(H,21,27). The molecule has 29 heavy (non-hydrogen) atoms. The number of fused-ring (bicyclic) bond motifs is 1. The third-order valence-electron chi connectivity index (χ3n) is 4.97. The number of tetrazole rings is 1. The van der Waals surface area contributed by atoms with Gasteiger partial charge in [-0.3, -0.25) is 19.3 Å². The molecule has 9 nitrogen and oxygen atoms in total. The fourth-order valence-electron chi connectivity index (χ4n) is 3.41. The highest BCUT2D eigenvalue weighted by Gasteiger charge is 2.36. The summed E-state index contributed by atoms with van der Waals surface area (Å²) < 4.78 is 1.79. The highest BCUT2D eigenvalue weighted by Crippen LogP contribution is 2.36. The van der Waals surface area contributed by atoms with Crippen molar-refractivity contribution in [3.8, 4) is 11.4 Å². The Morgan fingerprint density at radius 3 is 2.45 bits per heavy atom. The van der Waals surface area contributed by atoms with E-state index in [1.54, 1.807) is 47.1 Å². The van der Waals surface area contributed by atoms with Crippen molar-refractivity contribution in [2.75, 3.05) is 11.9 Å². The Balaban J connectivity index is 1.31. The zero-order chi connectivity index (χ0) is 20.0. The maximum Gasteiger partial charge on any atom is 0.262 e. The normalized spacial score (nSPS) is 15.5. The number of rotatable bonds is 5. The summed E-state index contributed by atoms with van der Waals surface area (Å²) in [5, 5.41) is 14.6. The van der Waals surface area contributed by atoms with Gasteiger partial charge in [-0.1, -0.05) is 24.3 Å². The SMILES string of the molecule is O=C(CN1C(=O)c2ccccc2C1=O)Nc1cccc(-c2nnnn2C2CC2)c1. The molecule has 2 heterocycles. The molecule has 1 aliphatic carbocycles. The van der Waals surface area contributed by atoms with E-state index in [-0.39, 0.29) is 6.54 Å². The van der Waals surface area contributed by atoms with Gasteiger partial charge in [-0.2, -0.15) is 0 Å². The Morgan fingerprint density at radius 1 is 1.03 bits per heavy atom. The van der Waals surface area contributed by atoms with Crippen molar-refractivity contribution in [2.24, 2.45) is 0 Å². The molecule has 0 spiro atoms. The number of aromatic nitrogens is 4. The van der Waals surface area contributed by atoms with Gasteiger partial charge in [0.1, 0.15) is 6.54 Å². The van der Waals surface area contributed by atoms with Gasteiger partial charge in [0, 0.05) is 11.3 Å². The van der Waals surface area contributed by atoms with E-state index in [1.807, 2.05) is 6.07 Å². The molecule has 5 rings (SSSR count). The van der Waals surface area contributed by atoms with Gasteiger partial charge >= 0.3 is 0 Å². The van der Waals surface area contributed by atoms with Crippen LogP contribution in [0.5, 0.6) is 0 Å². The zero-order valence-corrected chi connectivity index (χ0v) is 15.3. The molecule has 3 amide bonds. The molecule has 1 fully saturated rings. The average Bonchev–Trinajstić information content (AvgIpc) is 3.41. The molecule has 1 saturated carbocycles. The molecule has 0 atom stereocenters. The maximum atomic E-state index is 12.5. The van der Waals surface area contributed by atoms with Gasteiger partial charge in [0.2, 0.25) is 5.91 Å². The third-order valence-corrected chi connectivity index (χ3v) is 4.97. The molecule has 0 saturated heterocycles. The maximum absolute atomic E-state index is 12.5. The molecular weight excluding hydrogens is 372 g/mol. The van der Waals surface area contributed by atoms with Crippen molar-refractivity contribution in [3.63, 3.8) is 0 Å². The van der Waals surface area contributed by atoms with Crippen LogP contribution in [0, 0.1) is 0 Å². The molecule has 1 aliphatic heterocycles. The van der Waals surface area contributed by atoms with Gasteiger partial charge in [-0.05, 0) is 47.5 Å². The van der Waals surface area contributed by atoms with E-state index in [0.29, 0.717) is 28.7 Å². The molecule has 0 unspecified atom stereocenters. The van der Waals surface area contributed by atoms with Crippen LogP contribution in [0.1, 0.15) is 39.6 Å². The number of hydrogen-bond acceptors (Lipinski definition) is 6. The number of benzene rings is 2. The zero-order valence-electron chi connectivity index (χ0n) is 15.3. The minimum atomic E-state index is -0.460. The quantitative estimate of drug-likeness (QED) is 0.669. The highest BCUT2D eigenvalue weighted by molar-refractivity contribution is 6.22. The summed E-state index contributed by atoms with van der Waals surface area (Å²) in [4.78, 5) is 38.3. The Hall–Kier alpha value is -3.88. The van der Waals surface area contributed by atoms with Gasteiger partial charge in [0.15, 0.2) is 5.82 Å². The van der Waals surface area contributed by atoms with Gasteiger partial charge in [0.25, 0.3) is 11.8 Å². The van der Waals surface area contributed by atoms with Gasteiger partial charge in [0.05, 0.1) is 17.2 Å². The van der Waals surface area contributed by atoms with Crippen LogP contribution in [0.3, 0.4) is 0 Å². The first-order valence-electron chi connectivity index (χ1n) is 9.25. The van der Waals surface area contributed by atoms with E-state index < -0.39 is 17.7 Å². The molecule has 2 aromatic carbocycles. The molecule has 1 N–H and O–H groups in total. The smallest absolute Gasteiger partial charge is 0.262 e. The Labute approximate surface area is 165 Å². The van der Waals surface area contributed by atoms with Crippen LogP contribution >= 0.6 is 0 Å². The van der Waals surface area contributed by atoms with E-state index in [0.717, 1.165) is 23.3 Å². The van der Waals surface area contributed by atoms with Gasteiger partial charge < -0.3 is 5.32 Å². The van der Waals surface area contributed by atoms with Crippen LogP contribution in [0.2, 0.25) is 0 Å². The minimum absolute atomic E-state index is 0.319. The van der Waals surface area contributed by atoms with E-state index >= 15 is 0 Å². The fourth-order valence-corrected chi connectivity index (χ4v) is 3.41. The number of nitrogens with zero attached hydrogens (tertiary/aromatic N) is 5. The van der Waals surface area contributed by atoms with Crippen LogP contribution in [0.25, 0.3) is 11.4 Å². The van der Waals surface area contributed by atoms with Crippen LogP contribution < -0.4 is 5.32 Å². The molecule has 9 heteroatoms. The summed E-state index contributed by atoms with van der Waals surface area (Å²) in [5.74, 6) is -0.737. The summed E-state index contributed by atoms with van der Waals surface area (Å²) >= 11 is 0. The molecule has 144 valence electrons. The van der Waals surface area contributed by atoms with Crippen molar-refractivity contribution in [2.45, 2.75) is 18.9 Å². The van der Waals surface area contributed by atoms with Crippen molar-refractivity contribution in [1.29, 1.82) is 0 Å². The molecule has 0 radical (unpaired) electrons. The molecule has 2 aliphatic rings. The second kappa shape index (κ2) is 6.62. The Kier molecular flexibility index (Phi) is 3.94. The van der Waals surface area contributed by atoms with E-state index in [1.165, 1.54) is 0 Å². The van der Waals surface area contributed by atoms with Crippen molar-refractivity contribution in [1.82, 2.24) is 25.1 Å². The van der Waals surface area contributed by atoms with Gasteiger partial charge in [-0.25, -0.2) is 4.68 Å². The molecular formula is C20H16N6O3. The summed E-state index contributed by atoms with van der Waals surface area (Å²) in [7, 11) is 0. The predicted molar refractivity (Wildman–Crippen MR) is 102 cm³/mol. The van der Waals surface area contributed by atoms with Crippen LogP contribution in [0.4, 0.5) is 5.69 Å². The van der Waals surface area contributed by atoms with Gasteiger partial charge in [-0.15, -0.1) is 5.10 Å². The van der Waals surface area contributed by atoms with Crippen molar-refractivity contribution >= 4 is 23.4 Å². The van der Waals surface area contributed by atoms with E-state index in [9.17, 15) is 14.4 Å². The van der Waals surface area contributed by atoms with Crippen LogP contribution in [-0.4, -0.2) is 49.4 Å². The largest absolute Gasteiger partial charge is 0.325 e. The lowest BCUT2D eigenvalue weighted by molar-refractivity contribution is -0.116. The number of carbonyl (C=O) groups is 3. The fraction of sp³-hybridized carbons (Fsp3) is 0.200. The lowest BCUT2D eigenvalue weighted by atomic mass is 10.1. The second-order valence-electron chi connectivity index (χ2n) is 7.05. The summed E-state index contributed by atoms with van der Waals surface area (Å²) in [6, 6.07) is 14.0. The Bertz CT molecular complexity index is 1120. The van der Waals surface area contributed by atoms with E-state index in [4.69, 9.17) is 0 Å². The first-order chi connectivity index (χ1) is 14.1. The van der Waals surface area contributed by atoms with E-state index in [2.05, 4.69) is 20.8 Å². The predicted octanol–water partition coefficient (Wildman–Crippen LogP) is 1.91. The first kappa shape index (κ1) is 17.2. The number of carbonyl (C=O) groups excluding carboxylic acids is 3. The summed E-state index contributed by atoms with van der Waals surface area (Å²) in [6.07, 6.45) is 2.10. The van der Waals surface area contributed by atoms with Crippen molar-refractivity contribution in [3.05, 3.63) is 59.7 Å². The van der Waals surface area contributed by atoms with Crippen molar-refractivity contribution < 1.29 is 14.4 Å². The molecule has 1 aromatic heterocycles. The number of nitrogens with one attached hydrogen (secondary N) is 1. The topological polar surface area (TPSA) is 110 Å². The second-order valence-corrected chi connectivity index (χ2v) is 7.05. The van der Waals surface area contributed by atoms with Crippen LogP contribution in [0.15, 0.2) is 48.5 Å². The number of imide groups is 1. The lowest BCUT2D eigenvalue weighted by Gasteiger charge is -2.14. The first-order valence-corrected chi connectivity index (χ1v) is 9.25. The number of amides is 3.